The van der Waals surface area contributed by atoms with Crippen LogP contribution in [-0.4, -0.2) is 15.0 Å². The third-order valence-corrected chi connectivity index (χ3v) is 4.08. The zero-order valence-electron chi connectivity index (χ0n) is 11.6. The molecular weight excluding hydrogens is 323 g/mol. The molecule has 0 saturated heterocycles. The smallest absolute Gasteiger partial charge is 0.225 e. The van der Waals surface area contributed by atoms with Crippen LogP contribution in [-0.2, 0) is 0 Å². The molecule has 0 fully saturated rings. The largest absolute Gasteiger partial charge is 0.348 e. The Morgan fingerprint density at radius 1 is 1.23 bits per heavy atom. The van der Waals surface area contributed by atoms with Crippen LogP contribution >= 0.6 is 22.9 Å². The van der Waals surface area contributed by atoms with Crippen LogP contribution in [0.4, 0.5) is 10.3 Å². The van der Waals surface area contributed by atoms with Gasteiger partial charge in [-0.2, -0.15) is 0 Å². The van der Waals surface area contributed by atoms with Crippen LogP contribution in [0.25, 0.3) is 10.6 Å². The minimum atomic E-state index is -0.262. The molecule has 0 radical (unpaired) electrons. The molecule has 2 aromatic heterocycles. The highest BCUT2D eigenvalue weighted by molar-refractivity contribution is 7.13. The van der Waals surface area contributed by atoms with E-state index in [-0.39, 0.29) is 11.9 Å². The lowest BCUT2D eigenvalue weighted by molar-refractivity contribution is 0.626. The predicted molar refractivity (Wildman–Crippen MR) is 86.6 cm³/mol. The number of rotatable bonds is 4. The summed E-state index contributed by atoms with van der Waals surface area (Å²) in [5, 5.41) is 3.53. The monoisotopic (exact) mass is 334 g/mol. The van der Waals surface area contributed by atoms with Crippen molar-refractivity contribution in [3.63, 3.8) is 0 Å². The summed E-state index contributed by atoms with van der Waals surface area (Å²) in [6.45, 7) is 1.95. The molecule has 7 heteroatoms. The lowest BCUT2D eigenvalue weighted by atomic mass is 10.1. The number of nitrogens with zero attached hydrogens (tertiary/aromatic N) is 3. The maximum Gasteiger partial charge on any atom is 0.225 e. The summed E-state index contributed by atoms with van der Waals surface area (Å²) in [6, 6.07) is 7.92. The average molecular weight is 335 g/mol. The van der Waals surface area contributed by atoms with Crippen LogP contribution < -0.4 is 5.32 Å². The molecule has 3 aromatic rings. The SMILES string of the molecule is C[C@H](Nc1nc(Cl)cc(-c2cncs2)n1)c1ccc(F)cc1. The molecule has 0 saturated carbocycles. The number of hydrogen-bond acceptors (Lipinski definition) is 5. The predicted octanol–water partition coefficient (Wildman–Crippen LogP) is 4.57. The first-order chi connectivity index (χ1) is 10.6. The minimum absolute atomic E-state index is 0.0756. The molecule has 0 unspecified atom stereocenters. The Hall–Kier alpha value is -2.05. The van der Waals surface area contributed by atoms with E-state index in [9.17, 15) is 4.39 Å². The van der Waals surface area contributed by atoms with Gasteiger partial charge in [-0.3, -0.25) is 4.98 Å². The average Bonchev–Trinajstić information content (AvgIpc) is 3.01. The van der Waals surface area contributed by atoms with Gasteiger partial charge < -0.3 is 5.32 Å². The van der Waals surface area contributed by atoms with Gasteiger partial charge in [0.05, 0.1) is 22.1 Å². The number of nitrogens with one attached hydrogen (secondary N) is 1. The van der Waals surface area contributed by atoms with Crippen LogP contribution in [0.5, 0.6) is 0 Å². The summed E-state index contributed by atoms with van der Waals surface area (Å²) in [6.07, 6.45) is 1.73. The van der Waals surface area contributed by atoms with Crippen molar-refractivity contribution in [3.8, 4) is 10.6 Å². The van der Waals surface area contributed by atoms with E-state index in [1.54, 1.807) is 29.9 Å². The van der Waals surface area contributed by atoms with Gasteiger partial charge >= 0.3 is 0 Å². The Labute approximate surface area is 136 Å². The lowest BCUT2D eigenvalue weighted by Crippen LogP contribution is -2.09. The topological polar surface area (TPSA) is 50.7 Å². The van der Waals surface area contributed by atoms with Gasteiger partial charge in [0.15, 0.2) is 0 Å². The number of thiazole rings is 1. The number of benzene rings is 1. The molecule has 2 heterocycles. The van der Waals surface area contributed by atoms with Crippen LogP contribution in [0.15, 0.2) is 42.0 Å². The molecule has 0 spiro atoms. The second-order valence-corrected chi connectivity index (χ2v) is 5.96. The van der Waals surface area contributed by atoms with E-state index in [2.05, 4.69) is 20.3 Å². The Kier molecular flexibility index (Phi) is 4.31. The number of halogens is 2. The first-order valence-electron chi connectivity index (χ1n) is 6.57. The number of aromatic nitrogens is 3. The van der Waals surface area contributed by atoms with Crippen LogP contribution in [0, 0.1) is 5.82 Å². The first kappa shape index (κ1) is 14.9. The minimum Gasteiger partial charge on any atom is -0.348 e. The van der Waals surface area contributed by atoms with E-state index in [0.29, 0.717) is 11.1 Å². The van der Waals surface area contributed by atoms with Crippen molar-refractivity contribution in [2.75, 3.05) is 5.32 Å². The normalized spacial score (nSPS) is 12.1. The zero-order chi connectivity index (χ0) is 15.5. The van der Waals surface area contributed by atoms with Gasteiger partial charge in [0, 0.05) is 12.3 Å². The third kappa shape index (κ3) is 3.40. The molecule has 112 valence electrons. The van der Waals surface area contributed by atoms with Crippen molar-refractivity contribution in [1.82, 2.24) is 15.0 Å². The summed E-state index contributed by atoms with van der Waals surface area (Å²) in [5.41, 5.74) is 3.39. The molecule has 0 bridgehead atoms. The Balaban J connectivity index is 1.84. The van der Waals surface area contributed by atoms with E-state index in [1.807, 2.05) is 6.92 Å². The zero-order valence-corrected chi connectivity index (χ0v) is 13.2. The standard InChI is InChI=1S/C15H12ClFN4S/c1-9(10-2-4-11(17)5-3-10)19-15-20-12(6-14(16)21-15)13-7-18-8-22-13/h2-9H,1H3,(H,19,20,21)/t9-/m0/s1. The van der Waals surface area contributed by atoms with Crippen LogP contribution in [0.1, 0.15) is 18.5 Å². The summed E-state index contributed by atoms with van der Waals surface area (Å²) >= 11 is 7.54. The highest BCUT2D eigenvalue weighted by Crippen LogP contribution is 2.26. The summed E-state index contributed by atoms with van der Waals surface area (Å²) in [5.74, 6) is 0.162. The highest BCUT2D eigenvalue weighted by atomic mass is 35.5. The van der Waals surface area contributed by atoms with E-state index < -0.39 is 0 Å². The third-order valence-electron chi connectivity index (χ3n) is 3.10. The first-order valence-corrected chi connectivity index (χ1v) is 7.83. The second-order valence-electron chi connectivity index (χ2n) is 4.68. The molecule has 22 heavy (non-hydrogen) atoms. The molecule has 0 aliphatic carbocycles. The Bertz CT molecular complexity index is 762. The van der Waals surface area contributed by atoms with Gasteiger partial charge in [-0.05, 0) is 24.6 Å². The van der Waals surface area contributed by atoms with E-state index in [0.717, 1.165) is 16.1 Å². The van der Waals surface area contributed by atoms with Gasteiger partial charge in [0.2, 0.25) is 5.95 Å². The molecule has 3 rings (SSSR count). The van der Waals surface area contributed by atoms with Crippen LogP contribution in [0.2, 0.25) is 5.15 Å². The van der Waals surface area contributed by atoms with Gasteiger partial charge in [-0.25, -0.2) is 14.4 Å². The van der Waals surface area contributed by atoms with E-state index in [4.69, 9.17) is 11.6 Å². The van der Waals surface area contributed by atoms with Gasteiger partial charge in [-0.15, -0.1) is 11.3 Å². The van der Waals surface area contributed by atoms with Gasteiger partial charge in [-0.1, -0.05) is 23.7 Å². The maximum absolute atomic E-state index is 13.0. The maximum atomic E-state index is 13.0. The molecule has 1 N–H and O–H groups in total. The van der Waals surface area contributed by atoms with Crippen LogP contribution in [0.3, 0.4) is 0 Å². The number of anilines is 1. The van der Waals surface area contributed by atoms with Crippen molar-refractivity contribution in [3.05, 3.63) is 58.6 Å². The molecule has 4 nitrogen and oxygen atoms in total. The highest BCUT2D eigenvalue weighted by Gasteiger charge is 2.11. The fourth-order valence-electron chi connectivity index (χ4n) is 1.98. The molecule has 0 aliphatic rings. The fourth-order valence-corrected chi connectivity index (χ4v) is 2.74. The molecule has 0 aliphatic heterocycles. The second kappa shape index (κ2) is 6.37. The van der Waals surface area contributed by atoms with E-state index >= 15 is 0 Å². The lowest BCUT2D eigenvalue weighted by Gasteiger charge is -2.14. The van der Waals surface area contributed by atoms with Crippen molar-refractivity contribution in [2.45, 2.75) is 13.0 Å². The summed E-state index contributed by atoms with van der Waals surface area (Å²) < 4.78 is 13.0. The molecule has 1 aromatic carbocycles. The molecule has 0 amide bonds. The van der Waals surface area contributed by atoms with Crippen molar-refractivity contribution >= 4 is 28.9 Å². The Morgan fingerprint density at radius 2 is 2.00 bits per heavy atom. The molecular formula is C15H12ClFN4S. The quantitative estimate of drug-likeness (QED) is 0.710. The number of hydrogen-bond donors (Lipinski definition) is 1. The van der Waals surface area contributed by atoms with Crippen molar-refractivity contribution in [2.24, 2.45) is 0 Å². The summed E-state index contributed by atoms with van der Waals surface area (Å²) in [7, 11) is 0. The van der Waals surface area contributed by atoms with Crippen molar-refractivity contribution < 1.29 is 4.39 Å². The van der Waals surface area contributed by atoms with E-state index in [1.165, 1.54) is 23.5 Å². The van der Waals surface area contributed by atoms with Crippen molar-refractivity contribution in [1.29, 1.82) is 0 Å². The molecule has 1 atom stereocenters. The van der Waals surface area contributed by atoms with Gasteiger partial charge in [0.25, 0.3) is 0 Å². The van der Waals surface area contributed by atoms with Gasteiger partial charge in [0.1, 0.15) is 11.0 Å². The fraction of sp³-hybridized carbons (Fsp3) is 0.133. The Morgan fingerprint density at radius 3 is 2.68 bits per heavy atom. The summed E-state index contributed by atoms with van der Waals surface area (Å²) in [4.78, 5) is 13.6.